The van der Waals surface area contributed by atoms with Crippen LogP contribution >= 0.6 is 0 Å². The van der Waals surface area contributed by atoms with Gasteiger partial charge in [0.25, 0.3) is 0 Å². The summed E-state index contributed by atoms with van der Waals surface area (Å²) in [6, 6.07) is 24.9. The summed E-state index contributed by atoms with van der Waals surface area (Å²) in [7, 11) is 0. The highest BCUT2D eigenvalue weighted by atomic mass is 19.1. The fourth-order valence-corrected chi connectivity index (χ4v) is 4.38. The van der Waals surface area contributed by atoms with Gasteiger partial charge in [-0.2, -0.15) is 0 Å². The highest BCUT2D eigenvalue weighted by Gasteiger charge is 2.30. The number of nitrogens with zero attached hydrogens (tertiary/aromatic N) is 2. The Morgan fingerprint density at radius 2 is 1.23 bits per heavy atom. The van der Waals surface area contributed by atoms with Crippen molar-refractivity contribution in [2.24, 2.45) is 0 Å². The SMILES string of the molecule is CCc1ccc(C2N(Cc3ccc(C)cc3)CCCN2Cc2ccc(F)cc2)cc1. The summed E-state index contributed by atoms with van der Waals surface area (Å²) in [5, 5.41) is 0. The van der Waals surface area contributed by atoms with E-state index < -0.39 is 0 Å². The molecule has 0 saturated carbocycles. The van der Waals surface area contributed by atoms with E-state index >= 15 is 0 Å². The zero-order chi connectivity index (χ0) is 20.9. The van der Waals surface area contributed by atoms with E-state index in [0.717, 1.165) is 44.6 Å². The molecule has 3 aromatic rings. The van der Waals surface area contributed by atoms with Crippen LogP contribution in [0.2, 0.25) is 0 Å². The number of benzene rings is 3. The first-order valence-electron chi connectivity index (χ1n) is 11.0. The summed E-state index contributed by atoms with van der Waals surface area (Å²) in [5.41, 5.74) is 6.50. The topological polar surface area (TPSA) is 6.48 Å². The molecule has 0 aromatic heterocycles. The molecule has 1 aliphatic heterocycles. The minimum Gasteiger partial charge on any atom is -0.280 e. The molecule has 0 radical (unpaired) electrons. The van der Waals surface area contributed by atoms with Crippen LogP contribution in [-0.4, -0.2) is 22.9 Å². The lowest BCUT2D eigenvalue weighted by atomic mass is 10.0. The zero-order valence-electron chi connectivity index (χ0n) is 18.0. The number of aryl methyl sites for hydroxylation is 2. The Hall–Kier alpha value is -2.49. The lowest BCUT2D eigenvalue weighted by molar-refractivity contribution is -0.00910. The molecular formula is C27H31FN2. The molecule has 3 heteroatoms. The fourth-order valence-electron chi connectivity index (χ4n) is 4.38. The molecule has 4 rings (SSSR count). The van der Waals surface area contributed by atoms with Crippen molar-refractivity contribution in [1.82, 2.24) is 9.80 Å². The van der Waals surface area contributed by atoms with E-state index in [1.807, 2.05) is 12.1 Å². The first kappa shape index (κ1) is 20.8. The van der Waals surface area contributed by atoms with Crippen molar-refractivity contribution in [2.75, 3.05) is 13.1 Å². The van der Waals surface area contributed by atoms with Crippen molar-refractivity contribution >= 4 is 0 Å². The van der Waals surface area contributed by atoms with Crippen molar-refractivity contribution in [3.05, 3.63) is 106 Å². The molecule has 30 heavy (non-hydrogen) atoms. The van der Waals surface area contributed by atoms with Crippen molar-refractivity contribution < 1.29 is 4.39 Å². The second-order valence-electron chi connectivity index (χ2n) is 8.38. The Balaban J connectivity index is 1.62. The molecule has 3 aromatic carbocycles. The molecule has 0 amide bonds. The van der Waals surface area contributed by atoms with Gasteiger partial charge in [-0.05, 0) is 54.2 Å². The van der Waals surface area contributed by atoms with Gasteiger partial charge in [0.05, 0.1) is 6.17 Å². The Labute approximate surface area is 180 Å². The predicted octanol–water partition coefficient (Wildman–Crippen LogP) is 6.10. The molecule has 1 heterocycles. The van der Waals surface area contributed by atoms with Gasteiger partial charge in [-0.1, -0.05) is 73.2 Å². The standard InChI is InChI=1S/C27H31FN2/c1-3-22-9-13-25(14-10-22)27-29(19-23-7-5-21(2)6-8-23)17-4-18-30(27)20-24-11-15-26(28)16-12-24/h5-16,27H,3-4,17-20H2,1-2H3. The molecule has 1 unspecified atom stereocenters. The van der Waals surface area contributed by atoms with Crippen molar-refractivity contribution in [3.8, 4) is 0 Å². The minimum atomic E-state index is -0.176. The summed E-state index contributed by atoms with van der Waals surface area (Å²) in [4.78, 5) is 5.12. The van der Waals surface area contributed by atoms with Gasteiger partial charge in [-0.25, -0.2) is 4.39 Å². The maximum absolute atomic E-state index is 13.4. The Morgan fingerprint density at radius 1 is 0.733 bits per heavy atom. The van der Waals surface area contributed by atoms with E-state index in [1.54, 1.807) is 12.1 Å². The average molecular weight is 403 g/mol. The van der Waals surface area contributed by atoms with Gasteiger partial charge in [-0.3, -0.25) is 9.80 Å². The van der Waals surface area contributed by atoms with Crippen LogP contribution in [0.1, 0.15) is 47.3 Å². The third-order valence-electron chi connectivity index (χ3n) is 6.07. The molecule has 0 bridgehead atoms. The monoisotopic (exact) mass is 402 g/mol. The van der Waals surface area contributed by atoms with E-state index in [9.17, 15) is 4.39 Å². The van der Waals surface area contributed by atoms with Crippen LogP contribution < -0.4 is 0 Å². The highest BCUT2D eigenvalue weighted by molar-refractivity contribution is 5.27. The van der Waals surface area contributed by atoms with Crippen LogP contribution in [0.3, 0.4) is 0 Å². The summed E-state index contributed by atoms with van der Waals surface area (Å²) in [6.45, 7) is 8.20. The molecule has 0 N–H and O–H groups in total. The number of halogens is 1. The molecule has 2 nitrogen and oxygen atoms in total. The molecular weight excluding hydrogens is 371 g/mol. The van der Waals surface area contributed by atoms with Gasteiger partial charge < -0.3 is 0 Å². The van der Waals surface area contributed by atoms with Crippen molar-refractivity contribution in [1.29, 1.82) is 0 Å². The van der Waals surface area contributed by atoms with Crippen LogP contribution in [0, 0.1) is 12.7 Å². The van der Waals surface area contributed by atoms with Crippen LogP contribution in [0.4, 0.5) is 4.39 Å². The maximum Gasteiger partial charge on any atom is 0.123 e. The van der Waals surface area contributed by atoms with Crippen LogP contribution in [0.5, 0.6) is 0 Å². The normalized spacial score (nSPS) is 17.9. The Morgan fingerprint density at radius 3 is 1.77 bits per heavy atom. The van der Waals surface area contributed by atoms with Gasteiger partial charge in [0.2, 0.25) is 0 Å². The highest BCUT2D eigenvalue weighted by Crippen LogP contribution is 2.32. The van der Waals surface area contributed by atoms with Crippen molar-refractivity contribution in [3.63, 3.8) is 0 Å². The van der Waals surface area contributed by atoms with E-state index in [1.165, 1.54) is 22.3 Å². The van der Waals surface area contributed by atoms with Crippen LogP contribution in [-0.2, 0) is 19.5 Å². The molecule has 0 aliphatic carbocycles. The lowest BCUT2D eigenvalue weighted by Crippen LogP contribution is -2.46. The summed E-state index contributed by atoms with van der Waals surface area (Å²) in [5.74, 6) is -0.176. The van der Waals surface area contributed by atoms with Crippen LogP contribution in [0.15, 0.2) is 72.8 Å². The first-order chi connectivity index (χ1) is 14.6. The molecule has 156 valence electrons. The molecule has 1 fully saturated rings. The molecule has 1 aliphatic rings. The van der Waals surface area contributed by atoms with Gasteiger partial charge in [-0.15, -0.1) is 0 Å². The fraction of sp³-hybridized carbons (Fsp3) is 0.333. The Kier molecular flexibility index (Phi) is 6.61. The van der Waals surface area contributed by atoms with Gasteiger partial charge in [0, 0.05) is 26.2 Å². The van der Waals surface area contributed by atoms with Crippen LogP contribution in [0.25, 0.3) is 0 Å². The summed E-state index contributed by atoms with van der Waals surface area (Å²) in [6.07, 6.45) is 2.41. The minimum absolute atomic E-state index is 0.176. The molecule has 1 saturated heterocycles. The van der Waals surface area contributed by atoms with E-state index in [4.69, 9.17) is 0 Å². The van der Waals surface area contributed by atoms with E-state index in [2.05, 4.69) is 72.2 Å². The first-order valence-corrected chi connectivity index (χ1v) is 11.0. The molecule has 1 atom stereocenters. The quantitative estimate of drug-likeness (QED) is 0.491. The number of hydrogen-bond acceptors (Lipinski definition) is 2. The van der Waals surface area contributed by atoms with Gasteiger partial charge in [0.15, 0.2) is 0 Å². The zero-order valence-corrected chi connectivity index (χ0v) is 18.0. The second-order valence-corrected chi connectivity index (χ2v) is 8.38. The maximum atomic E-state index is 13.4. The largest absolute Gasteiger partial charge is 0.280 e. The molecule has 0 spiro atoms. The van der Waals surface area contributed by atoms with E-state index in [-0.39, 0.29) is 12.0 Å². The number of rotatable bonds is 6. The summed E-state index contributed by atoms with van der Waals surface area (Å²) < 4.78 is 13.4. The number of hydrogen-bond donors (Lipinski definition) is 0. The average Bonchev–Trinajstić information content (AvgIpc) is 2.77. The predicted molar refractivity (Wildman–Crippen MR) is 122 cm³/mol. The Bertz CT molecular complexity index is 877. The third kappa shape index (κ3) is 4.97. The van der Waals surface area contributed by atoms with Gasteiger partial charge >= 0.3 is 0 Å². The third-order valence-corrected chi connectivity index (χ3v) is 6.07. The smallest absolute Gasteiger partial charge is 0.123 e. The van der Waals surface area contributed by atoms with E-state index in [0.29, 0.717) is 0 Å². The van der Waals surface area contributed by atoms with Crippen molar-refractivity contribution in [2.45, 2.75) is 45.9 Å². The second kappa shape index (κ2) is 9.55. The summed E-state index contributed by atoms with van der Waals surface area (Å²) >= 11 is 0. The lowest BCUT2D eigenvalue weighted by Gasteiger charge is -2.44. The van der Waals surface area contributed by atoms with Gasteiger partial charge in [0.1, 0.15) is 5.82 Å².